The summed E-state index contributed by atoms with van der Waals surface area (Å²) in [6, 6.07) is 8.31. The first-order chi connectivity index (χ1) is 9.31. The third-order valence-corrected chi connectivity index (χ3v) is 4.00. The Kier molecular flexibility index (Phi) is 5.83. The third kappa shape index (κ3) is 4.60. The Morgan fingerprint density at radius 1 is 1.16 bits per heavy atom. The van der Waals surface area contributed by atoms with E-state index in [1.165, 1.54) is 38.0 Å². The number of likely N-dealkylation sites (tertiary alicyclic amines) is 1. The summed E-state index contributed by atoms with van der Waals surface area (Å²) in [5.74, 6) is 0.855. The Bertz CT molecular complexity index is 356. The first kappa shape index (κ1) is 14.5. The average molecular weight is 262 g/mol. The quantitative estimate of drug-likeness (QED) is 0.823. The summed E-state index contributed by atoms with van der Waals surface area (Å²) in [6.07, 6.45) is 2.61. The SMILES string of the molecule is CCNCC1CCN(Cc2ccc(CO)cc2)CC1. The zero-order valence-corrected chi connectivity index (χ0v) is 11.9. The summed E-state index contributed by atoms with van der Waals surface area (Å²) < 4.78 is 0. The molecule has 1 saturated heterocycles. The maximum absolute atomic E-state index is 9.03. The number of hydrogen-bond acceptors (Lipinski definition) is 3. The smallest absolute Gasteiger partial charge is 0.0681 e. The van der Waals surface area contributed by atoms with Crippen molar-refractivity contribution in [2.75, 3.05) is 26.2 Å². The number of piperidine rings is 1. The van der Waals surface area contributed by atoms with Crippen molar-refractivity contribution < 1.29 is 5.11 Å². The summed E-state index contributed by atoms with van der Waals surface area (Å²) in [5, 5.41) is 12.5. The molecule has 0 aliphatic carbocycles. The molecule has 0 spiro atoms. The van der Waals surface area contributed by atoms with Crippen molar-refractivity contribution in [1.82, 2.24) is 10.2 Å². The molecule has 0 saturated carbocycles. The van der Waals surface area contributed by atoms with Gasteiger partial charge in [0.1, 0.15) is 0 Å². The molecule has 3 nitrogen and oxygen atoms in total. The Balaban J connectivity index is 1.75. The van der Waals surface area contributed by atoms with E-state index in [1.54, 1.807) is 0 Å². The molecule has 0 radical (unpaired) electrons. The van der Waals surface area contributed by atoms with Crippen LogP contribution in [0.4, 0.5) is 0 Å². The highest BCUT2D eigenvalue weighted by Gasteiger charge is 2.18. The normalized spacial score (nSPS) is 17.8. The standard InChI is InChI=1S/C16H26N2O/c1-2-17-11-14-7-9-18(10-8-14)12-15-3-5-16(13-19)6-4-15/h3-6,14,17,19H,2,7-13H2,1H3. The van der Waals surface area contributed by atoms with Gasteiger partial charge in [-0.3, -0.25) is 4.90 Å². The highest BCUT2D eigenvalue weighted by Crippen LogP contribution is 2.18. The number of hydrogen-bond donors (Lipinski definition) is 2. The zero-order chi connectivity index (χ0) is 13.5. The van der Waals surface area contributed by atoms with Crippen LogP contribution in [0.3, 0.4) is 0 Å². The van der Waals surface area contributed by atoms with E-state index in [2.05, 4.69) is 29.3 Å². The topological polar surface area (TPSA) is 35.5 Å². The van der Waals surface area contributed by atoms with Gasteiger partial charge >= 0.3 is 0 Å². The Morgan fingerprint density at radius 2 is 1.79 bits per heavy atom. The van der Waals surface area contributed by atoms with E-state index in [1.807, 2.05) is 12.1 Å². The number of nitrogens with zero attached hydrogens (tertiary/aromatic N) is 1. The molecule has 0 atom stereocenters. The fourth-order valence-electron chi connectivity index (χ4n) is 2.71. The molecular formula is C16H26N2O. The number of rotatable bonds is 6. The van der Waals surface area contributed by atoms with Gasteiger partial charge in [0.25, 0.3) is 0 Å². The van der Waals surface area contributed by atoms with Crippen molar-refractivity contribution in [2.45, 2.75) is 32.9 Å². The van der Waals surface area contributed by atoms with Gasteiger partial charge in [0.05, 0.1) is 6.61 Å². The maximum Gasteiger partial charge on any atom is 0.0681 e. The third-order valence-electron chi connectivity index (χ3n) is 4.00. The van der Waals surface area contributed by atoms with Crippen molar-refractivity contribution in [3.63, 3.8) is 0 Å². The fourth-order valence-corrected chi connectivity index (χ4v) is 2.71. The van der Waals surface area contributed by atoms with Gasteiger partial charge in [0.2, 0.25) is 0 Å². The van der Waals surface area contributed by atoms with Crippen LogP contribution in [0.5, 0.6) is 0 Å². The van der Waals surface area contributed by atoms with Crippen LogP contribution in [0.1, 0.15) is 30.9 Å². The second kappa shape index (κ2) is 7.63. The highest BCUT2D eigenvalue weighted by molar-refractivity contribution is 5.21. The van der Waals surface area contributed by atoms with Gasteiger partial charge < -0.3 is 10.4 Å². The van der Waals surface area contributed by atoms with E-state index in [-0.39, 0.29) is 6.61 Å². The van der Waals surface area contributed by atoms with Crippen LogP contribution in [-0.2, 0) is 13.2 Å². The first-order valence-corrected chi connectivity index (χ1v) is 7.43. The molecule has 1 aliphatic heterocycles. The molecule has 0 bridgehead atoms. The number of aliphatic hydroxyl groups is 1. The molecule has 2 rings (SSSR count). The monoisotopic (exact) mass is 262 g/mol. The van der Waals surface area contributed by atoms with Crippen LogP contribution < -0.4 is 5.32 Å². The maximum atomic E-state index is 9.03. The largest absolute Gasteiger partial charge is 0.392 e. The van der Waals surface area contributed by atoms with Crippen LogP contribution in [0.2, 0.25) is 0 Å². The molecule has 1 aromatic rings. The molecule has 1 fully saturated rings. The van der Waals surface area contributed by atoms with E-state index in [0.29, 0.717) is 0 Å². The van der Waals surface area contributed by atoms with Gasteiger partial charge in [-0.1, -0.05) is 31.2 Å². The molecule has 0 unspecified atom stereocenters. The van der Waals surface area contributed by atoms with Crippen molar-refractivity contribution >= 4 is 0 Å². The van der Waals surface area contributed by atoms with Gasteiger partial charge in [0, 0.05) is 6.54 Å². The minimum absolute atomic E-state index is 0.135. The van der Waals surface area contributed by atoms with Crippen molar-refractivity contribution in [3.05, 3.63) is 35.4 Å². The lowest BCUT2D eigenvalue weighted by Crippen LogP contribution is -2.36. The van der Waals surface area contributed by atoms with Crippen LogP contribution >= 0.6 is 0 Å². The lowest BCUT2D eigenvalue weighted by molar-refractivity contribution is 0.176. The molecule has 0 aromatic heterocycles. The summed E-state index contributed by atoms with van der Waals surface area (Å²) in [6.45, 7) is 8.02. The molecule has 1 aromatic carbocycles. The highest BCUT2D eigenvalue weighted by atomic mass is 16.3. The van der Waals surface area contributed by atoms with E-state index >= 15 is 0 Å². The second-order valence-electron chi connectivity index (χ2n) is 5.50. The van der Waals surface area contributed by atoms with Crippen LogP contribution in [0, 0.1) is 5.92 Å². The minimum Gasteiger partial charge on any atom is -0.392 e. The van der Waals surface area contributed by atoms with Crippen molar-refractivity contribution in [3.8, 4) is 0 Å². The van der Waals surface area contributed by atoms with Gasteiger partial charge in [-0.25, -0.2) is 0 Å². The van der Waals surface area contributed by atoms with E-state index in [9.17, 15) is 0 Å². The summed E-state index contributed by atoms with van der Waals surface area (Å²) in [4.78, 5) is 2.54. The molecule has 19 heavy (non-hydrogen) atoms. The Hall–Kier alpha value is -0.900. The molecule has 2 N–H and O–H groups in total. The van der Waals surface area contributed by atoms with Gasteiger partial charge in [-0.15, -0.1) is 0 Å². The van der Waals surface area contributed by atoms with Gasteiger partial charge in [-0.2, -0.15) is 0 Å². The van der Waals surface area contributed by atoms with Crippen LogP contribution in [0.15, 0.2) is 24.3 Å². The summed E-state index contributed by atoms with van der Waals surface area (Å²) >= 11 is 0. The molecule has 0 amide bonds. The molecule has 1 heterocycles. The van der Waals surface area contributed by atoms with Crippen LogP contribution in [0.25, 0.3) is 0 Å². The number of aliphatic hydroxyl groups excluding tert-OH is 1. The van der Waals surface area contributed by atoms with Crippen molar-refractivity contribution in [1.29, 1.82) is 0 Å². The average Bonchev–Trinajstić information content (AvgIpc) is 2.47. The van der Waals surface area contributed by atoms with E-state index in [0.717, 1.165) is 24.6 Å². The summed E-state index contributed by atoms with van der Waals surface area (Å²) in [7, 11) is 0. The lowest BCUT2D eigenvalue weighted by atomic mass is 9.96. The van der Waals surface area contributed by atoms with Gasteiger partial charge in [-0.05, 0) is 56.1 Å². The van der Waals surface area contributed by atoms with Crippen molar-refractivity contribution in [2.24, 2.45) is 5.92 Å². The summed E-state index contributed by atoms with van der Waals surface area (Å²) in [5.41, 5.74) is 2.34. The lowest BCUT2D eigenvalue weighted by Gasteiger charge is -2.32. The van der Waals surface area contributed by atoms with E-state index in [4.69, 9.17) is 5.11 Å². The molecular weight excluding hydrogens is 236 g/mol. The zero-order valence-electron chi connectivity index (χ0n) is 11.9. The van der Waals surface area contributed by atoms with E-state index < -0.39 is 0 Å². The van der Waals surface area contributed by atoms with Gasteiger partial charge in [0.15, 0.2) is 0 Å². The molecule has 106 valence electrons. The Labute approximate surface area is 116 Å². The Morgan fingerprint density at radius 3 is 2.37 bits per heavy atom. The molecule has 3 heteroatoms. The van der Waals surface area contributed by atoms with Crippen LogP contribution in [-0.4, -0.2) is 36.2 Å². The minimum atomic E-state index is 0.135. The number of nitrogens with one attached hydrogen (secondary N) is 1. The second-order valence-corrected chi connectivity index (χ2v) is 5.50. The predicted molar refractivity (Wildman–Crippen MR) is 78.9 cm³/mol. The first-order valence-electron chi connectivity index (χ1n) is 7.43. The fraction of sp³-hybridized carbons (Fsp3) is 0.625. The predicted octanol–water partition coefficient (Wildman–Crippen LogP) is 2.00. The molecule has 1 aliphatic rings. The number of benzene rings is 1.